The zero-order valence-electron chi connectivity index (χ0n) is 13.1. The van der Waals surface area contributed by atoms with E-state index in [1.54, 1.807) is 0 Å². The first kappa shape index (κ1) is 20.1. The van der Waals surface area contributed by atoms with Crippen LogP contribution < -0.4 is 0 Å². The lowest BCUT2D eigenvalue weighted by molar-refractivity contribution is -0.0912. The Morgan fingerprint density at radius 3 is 1.29 bits per heavy atom. The molecule has 0 aliphatic carbocycles. The highest BCUT2D eigenvalue weighted by molar-refractivity contribution is 4.79. The molecular formula is C17H30O4. The standard InChI is InChI=1S/C17H30O4/c1-4-7-10-19-14-17(13-18,15-20-11-8-5-2)16-21-12-9-6-3/h4-6,18H,1-3,7-16H2. The van der Waals surface area contributed by atoms with Crippen LogP contribution in [0.2, 0.25) is 0 Å². The Morgan fingerprint density at radius 1 is 0.714 bits per heavy atom. The molecule has 122 valence electrons. The summed E-state index contributed by atoms with van der Waals surface area (Å²) in [6, 6.07) is 0. The van der Waals surface area contributed by atoms with Crippen molar-refractivity contribution >= 4 is 0 Å². The van der Waals surface area contributed by atoms with Gasteiger partial charge in [-0.3, -0.25) is 0 Å². The highest BCUT2D eigenvalue weighted by atomic mass is 16.5. The molecule has 0 atom stereocenters. The molecule has 1 N–H and O–H groups in total. The Labute approximate surface area is 129 Å². The molecule has 0 heterocycles. The van der Waals surface area contributed by atoms with Crippen molar-refractivity contribution in [3.63, 3.8) is 0 Å². The van der Waals surface area contributed by atoms with Gasteiger partial charge >= 0.3 is 0 Å². The van der Waals surface area contributed by atoms with Crippen LogP contribution in [0.1, 0.15) is 19.3 Å². The molecule has 0 amide bonds. The van der Waals surface area contributed by atoms with E-state index in [0.717, 1.165) is 19.3 Å². The third-order valence-corrected chi connectivity index (χ3v) is 2.96. The lowest BCUT2D eigenvalue weighted by Crippen LogP contribution is -2.41. The monoisotopic (exact) mass is 298 g/mol. The van der Waals surface area contributed by atoms with Gasteiger partial charge in [0.25, 0.3) is 0 Å². The topological polar surface area (TPSA) is 47.9 Å². The minimum absolute atomic E-state index is 0.0384. The maximum absolute atomic E-state index is 9.75. The van der Waals surface area contributed by atoms with E-state index in [4.69, 9.17) is 14.2 Å². The van der Waals surface area contributed by atoms with Crippen LogP contribution in [0.15, 0.2) is 38.0 Å². The molecule has 21 heavy (non-hydrogen) atoms. The van der Waals surface area contributed by atoms with Crippen molar-refractivity contribution in [3.8, 4) is 0 Å². The zero-order valence-corrected chi connectivity index (χ0v) is 13.1. The number of ether oxygens (including phenoxy) is 3. The molecule has 0 bridgehead atoms. The number of hydrogen-bond donors (Lipinski definition) is 1. The van der Waals surface area contributed by atoms with E-state index in [1.165, 1.54) is 0 Å². The summed E-state index contributed by atoms with van der Waals surface area (Å²) >= 11 is 0. The van der Waals surface area contributed by atoms with Crippen molar-refractivity contribution in [1.29, 1.82) is 0 Å². The molecule has 0 radical (unpaired) electrons. The Morgan fingerprint density at radius 2 is 1.05 bits per heavy atom. The van der Waals surface area contributed by atoms with Gasteiger partial charge in [-0.1, -0.05) is 18.2 Å². The van der Waals surface area contributed by atoms with Crippen LogP contribution in [-0.4, -0.2) is 51.4 Å². The number of rotatable bonds is 16. The number of aliphatic hydroxyl groups is 1. The van der Waals surface area contributed by atoms with E-state index < -0.39 is 5.41 Å². The summed E-state index contributed by atoms with van der Waals surface area (Å²) in [5.41, 5.74) is -0.524. The molecule has 0 aliphatic rings. The van der Waals surface area contributed by atoms with Gasteiger partial charge in [0.15, 0.2) is 0 Å². The lowest BCUT2D eigenvalue weighted by atomic mass is 9.92. The van der Waals surface area contributed by atoms with Crippen molar-refractivity contribution in [2.45, 2.75) is 19.3 Å². The van der Waals surface area contributed by atoms with Gasteiger partial charge in [0, 0.05) is 0 Å². The third kappa shape index (κ3) is 10.4. The normalized spacial score (nSPS) is 11.3. The minimum Gasteiger partial charge on any atom is -0.396 e. The molecule has 0 saturated carbocycles. The van der Waals surface area contributed by atoms with Gasteiger partial charge in [0.2, 0.25) is 0 Å². The fourth-order valence-electron chi connectivity index (χ4n) is 1.63. The van der Waals surface area contributed by atoms with Gasteiger partial charge in [-0.15, -0.1) is 19.7 Å². The summed E-state index contributed by atoms with van der Waals surface area (Å²) in [6.07, 6.45) is 7.79. The molecule has 0 fully saturated rings. The molecule has 0 spiro atoms. The number of aliphatic hydroxyl groups excluding tert-OH is 1. The van der Waals surface area contributed by atoms with Crippen LogP contribution in [0.25, 0.3) is 0 Å². The predicted octanol–water partition coefficient (Wildman–Crippen LogP) is 2.74. The summed E-state index contributed by atoms with van der Waals surface area (Å²) in [5.74, 6) is 0. The van der Waals surface area contributed by atoms with Crippen LogP contribution in [0.4, 0.5) is 0 Å². The average Bonchev–Trinajstić information content (AvgIpc) is 2.51. The summed E-state index contributed by atoms with van der Waals surface area (Å²) in [4.78, 5) is 0. The van der Waals surface area contributed by atoms with Crippen LogP contribution in [0.5, 0.6) is 0 Å². The van der Waals surface area contributed by atoms with E-state index in [-0.39, 0.29) is 6.61 Å². The van der Waals surface area contributed by atoms with E-state index in [0.29, 0.717) is 39.6 Å². The first-order chi connectivity index (χ1) is 10.2. The second kappa shape index (κ2) is 14.0. The molecule has 4 heteroatoms. The van der Waals surface area contributed by atoms with Crippen molar-refractivity contribution in [1.82, 2.24) is 0 Å². The largest absolute Gasteiger partial charge is 0.396 e. The molecule has 0 unspecified atom stereocenters. The Kier molecular flexibility index (Phi) is 13.4. The van der Waals surface area contributed by atoms with Crippen molar-refractivity contribution in [2.24, 2.45) is 5.41 Å². The summed E-state index contributed by atoms with van der Waals surface area (Å²) in [7, 11) is 0. The maximum atomic E-state index is 9.75. The average molecular weight is 298 g/mol. The summed E-state index contributed by atoms with van der Waals surface area (Å²) in [6.45, 7) is 13.9. The second-order valence-corrected chi connectivity index (χ2v) is 5.05. The zero-order chi connectivity index (χ0) is 15.8. The molecule has 4 nitrogen and oxygen atoms in total. The molecular weight excluding hydrogens is 268 g/mol. The molecule has 0 aromatic rings. The van der Waals surface area contributed by atoms with Gasteiger partial charge in [-0.25, -0.2) is 0 Å². The van der Waals surface area contributed by atoms with E-state index >= 15 is 0 Å². The summed E-state index contributed by atoms with van der Waals surface area (Å²) in [5, 5.41) is 9.75. The smallest absolute Gasteiger partial charge is 0.0635 e. The summed E-state index contributed by atoms with van der Waals surface area (Å²) < 4.78 is 16.8. The van der Waals surface area contributed by atoms with Crippen LogP contribution in [0.3, 0.4) is 0 Å². The van der Waals surface area contributed by atoms with E-state index in [2.05, 4.69) is 19.7 Å². The molecule has 0 rings (SSSR count). The minimum atomic E-state index is -0.524. The van der Waals surface area contributed by atoms with Gasteiger partial charge in [0.05, 0.1) is 51.7 Å². The van der Waals surface area contributed by atoms with Gasteiger partial charge in [-0.05, 0) is 19.3 Å². The number of hydrogen-bond acceptors (Lipinski definition) is 4. The quantitative estimate of drug-likeness (QED) is 0.351. The molecule has 0 saturated heterocycles. The molecule has 0 aromatic heterocycles. The van der Waals surface area contributed by atoms with Gasteiger partial charge in [-0.2, -0.15) is 0 Å². The van der Waals surface area contributed by atoms with E-state index in [9.17, 15) is 5.11 Å². The van der Waals surface area contributed by atoms with Gasteiger partial charge < -0.3 is 19.3 Å². The van der Waals surface area contributed by atoms with Crippen LogP contribution >= 0.6 is 0 Å². The highest BCUT2D eigenvalue weighted by Gasteiger charge is 2.31. The first-order valence-electron chi connectivity index (χ1n) is 7.41. The van der Waals surface area contributed by atoms with Crippen molar-refractivity contribution in [2.75, 3.05) is 46.2 Å². The fourth-order valence-corrected chi connectivity index (χ4v) is 1.63. The van der Waals surface area contributed by atoms with Crippen LogP contribution in [-0.2, 0) is 14.2 Å². The SMILES string of the molecule is C=CCCOCC(CO)(COCCC=C)COCCC=C. The van der Waals surface area contributed by atoms with E-state index in [1.807, 2.05) is 18.2 Å². The fraction of sp³-hybridized carbons (Fsp3) is 0.647. The Hall–Kier alpha value is -0.940. The molecule has 0 aliphatic heterocycles. The lowest BCUT2D eigenvalue weighted by Gasteiger charge is -2.31. The predicted molar refractivity (Wildman–Crippen MR) is 86.4 cm³/mol. The Bertz CT molecular complexity index is 235. The van der Waals surface area contributed by atoms with Crippen LogP contribution in [0, 0.1) is 5.41 Å². The first-order valence-corrected chi connectivity index (χ1v) is 7.41. The van der Waals surface area contributed by atoms with Gasteiger partial charge in [0.1, 0.15) is 0 Å². The van der Waals surface area contributed by atoms with Crippen molar-refractivity contribution in [3.05, 3.63) is 38.0 Å². The molecule has 0 aromatic carbocycles. The second-order valence-electron chi connectivity index (χ2n) is 5.05. The van der Waals surface area contributed by atoms with Crippen molar-refractivity contribution < 1.29 is 19.3 Å². The third-order valence-electron chi connectivity index (χ3n) is 2.96. The highest BCUT2D eigenvalue weighted by Crippen LogP contribution is 2.19. The Balaban J connectivity index is 4.31. The maximum Gasteiger partial charge on any atom is 0.0635 e.